The van der Waals surface area contributed by atoms with Crippen molar-refractivity contribution in [3.8, 4) is 5.75 Å². The fraction of sp³-hybridized carbons (Fsp3) is 0.0769. The lowest BCUT2D eigenvalue weighted by Crippen LogP contribution is -2.13. The number of non-ortho nitro benzene ring substituents is 1. The highest BCUT2D eigenvalue weighted by molar-refractivity contribution is 6.01. The van der Waals surface area contributed by atoms with Gasteiger partial charge in [0.1, 0.15) is 11.3 Å². The molecule has 0 atom stereocenters. The molecule has 0 unspecified atom stereocenters. The zero-order valence-electron chi connectivity index (χ0n) is 10.5. The highest BCUT2D eigenvalue weighted by Crippen LogP contribution is 2.33. The maximum absolute atomic E-state index is 11.2. The van der Waals surface area contributed by atoms with Gasteiger partial charge in [0.15, 0.2) is 0 Å². The molecule has 0 fully saturated rings. The minimum atomic E-state index is -0.555. The lowest BCUT2D eigenvalue weighted by Gasteiger charge is -2.04. The van der Waals surface area contributed by atoms with E-state index in [1.54, 1.807) is 0 Å². The smallest absolute Gasteiger partial charge is 0.279 e. The molecule has 7 nitrogen and oxygen atoms in total. The number of aromatic nitrogens is 1. The third kappa shape index (κ3) is 2.41. The Morgan fingerprint density at radius 2 is 2.20 bits per heavy atom. The van der Waals surface area contributed by atoms with E-state index in [0.29, 0.717) is 5.56 Å². The normalized spacial score (nSPS) is 10.8. The number of amides is 1. The van der Waals surface area contributed by atoms with Gasteiger partial charge in [-0.2, -0.15) is 0 Å². The van der Waals surface area contributed by atoms with Crippen molar-refractivity contribution in [1.82, 2.24) is 10.3 Å². The van der Waals surface area contributed by atoms with E-state index in [0.717, 1.165) is 0 Å². The third-order valence-corrected chi connectivity index (χ3v) is 2.74. The van der Waals surface area contributed by atoms with Gasteiger partial charge in [-0.1, -0.05) is 0 Å². The van der Waals surface area contributed by atoms with Gasteiger partial charge >= 0.3 is 0 Å². The van der Waals surface area contributed by atoms with Crippen molar-refractivity contribution in [2.45, 2.75) is 0 Å². The van der Waals surface area contributed by atoms with Gasteiger partial charge in [0.05, 0.1) is 10.3 Å². The number of phenolic OH excluding ortho intramolecular Hbond substituents is 1. The fourth-order valence-corrected chi connectivity index (χ4v) is 1.80. The van der Waals surface area contributed by atoms with Gasteiger partial charge in [0.25, 0.3) is 5.69 Å². The molecule has 0 radical (unpaired) electrons. The van der Waals surface area contributed by atoms with Crippen molar-refractivity contribution in [1.29, 1.82) is 0 Å². The van der Waals surface area contributed by atoms with Gasteiger partial charge in [-0.25, -0.2) is 0 Å². The Morgan fingerprint density at radius 1 is 1.45 bits per heavy atom. The number of nitro benzene ring substituents is 1. The van der Waals surface area contributed by atoms with Gasteiger partial charge in [0.2, 0.25) is 5.91 Å². The zero-order chi connectivity index (χ0) is 14.7. The molecule has 0 aliphatic heterocycles. The zero-order valence-corrected chi connectivity index (χ0v) is 10.5. The van der Waals surface area contributed by atoms with E-state index < -0.39 is 4.92 Å². The minimum Gasteiger partial charge on any atom is -0.506 e. The summed E-state index contributed by atoms with van der Waals surface area (Å²) in [4.78, 5) is 25.7. The second kappa shape index (κ2) is 5.35. The molecule has 7 heteroatoms. The van der Waals surface area contributed by atoms with Gasteiger partial charge in [-0.15, -0.1) is 0 Å². The number of rotatable bonds is 3. The molecule has 2 rings (SSSR count). The van der Waals surface area contributed by atoms with Crippen LogP contribution in [0.1, 0.15) is 5.56 Å². The summed E-state index contributed by atoms with van der Waals surface area (Å²) in [5.41, 5.74) is 0.377. The maximum Gasteiger partial charge on any atom is 0.279 e. The number of likely N-dealkylation sites (N-methyl/N-ethyl adjacent to an activating group) is 1. The predicted molar refractivity (Wildman–Crippen MR) is 73.2 cm³/mol. The predicted octanol–water partition coefficient (Wildman–Crippen LogP) is 1.61. The number of nitrogens with one attached hydrogen (secondary N) is 1. The van der Waals surface area contributed by atoms with Crippen molar-refractivity contribution in [2.24, 2.45) is 0 Å². The Labute approximate surface area is 113 Å². The van der Waals surface area contributed by atoms with Crippen LogP contribution in [0.15, 0.2) is 30.5 Å². The number of carbonyl (C=O) groups excluding carboxylic acids is 1. The molecule has 1 aromatic heterocycles. The van der Waals surface area contributed by atoms with Crippen LogP contribution in [-0.4, -0.2) is 28.0 Å². The first-order valence-corrected chi connectivity index (χ1v) is 5.69. The lowest BCUT2D eigenvalue weighted by molar-refractivity contribution is -0.383. The standard InChI is InChI=1S/C13H11N3O4/c1-14-11(18)5-2-8-6-7-15-13-10(17)4-3-9(12(8)13)16(19)20/h2-7,17H,1H3,(H,14,18)/b5-2+. The highest BCUT2D eigenvalue weighted by atomic mass is 16.6. The van der Waals surface area contributed by atoms with Gasteiger partial charge in [-0.05, 0) is 23.8 Å². The molecule has 2 N–H and O–H groups in total. The number of pyridine rings is 1. The molecule has 1 heterocycles. The molecule has 0 saturated heterocycles. The van der Waals surface area contributed by atoms with Gasteiger partial charge < -0.3 is 10.4 Å². The summed E-state index contributed by atoms with van der Waals surface area (Å²) in [5, 5.41) is 23.4. The Kier molecular flexibility index (Phi) is 3.60. The first-order valence-electron chi connectivity index (χ1n) is 5.69. The Bertz CT molecular complexity index is 725. The summed E-state index contributed by atoms with van der Waals surface area (Å²) < 4.78 is 0. The molecule has 20 heavy (non-hydrogen) atoms. The van der Waals surface area contributed by atoms with Gasteiger partial charge in [-0.3, -0.25) is 19.9 Å². The van der Waals surface area contributed by atoms with E-state index in [1.807, 2.05) is 0 Å². The second-order valence-electron chi connectivity index (χ2n) is 3.93. The fourth-order valence-electron chi connectivity index (χ4n) is 1.80. The number of carbonyl (C=O) groups is 1. The van der Waals surface area contributed by atoms with Crippen molar-refractivity contribution < 1.29 is 14.8 Å². The molecule has 1 amide bonds. The summed E-state index contributed by atoms with van der Waals surface area (Å²) in [7, 11) is 1.48. The number of nitrogens with zero attached hydrogens (tertiary/aromatic N) is 2. The average Bonchev–Trinajstić information content (AvgIpc) is 2.44. The van der Waals surface area contributed by atoms with E-state index >= 15 is 0 Å². The lowest BCUT2D eigenvalue weighted by atomic mass is 10.1. The summed E-state index contributed by atoms with van der Waals surface area (Å²) in [5.74, 6) is -0.487. The molecule has 1 aromatic carbocycles. The van der Waals surface area contributed by atoms with E-state index in [-0.39, 0.29) is 28.2 Å². The van der Waals surface area contributed by atoms with E-state index in [9.17, 15) is 20.0 Å². The quantitative estimate of drug-likeness (QED) is 0.502. The number of benzene rings is 1. The topological polar surface area (TPSA) is 105 Å². The van der Waals surface area contributed by atoms with Crippen molar-refractivity contribution >= 4 is 28.6 Å². The largest absolute Gasteiger partial charge is 0.506 e. The van der Waals surface area contributed by atoms with Crippen LogP contribution in [0.5, 0.6) is 5.75 Å². The summed E-state index contributed by atoms with van der Waals surface area (Å²) in [6, 6.07) is 3.96. The van der Waals surface area contributed by atoms with Crippen LogP contribution in [0.3, 0.4) is 0 Å². The minimum absolute atomic E-state index is 0.123. The number of fused-ring (bicyclic) bond motifs is 1. The van der Waals surface area contributed by atoms with Crippen LogP contribution < -0.4 is 5.32 Å². The monoisotopic (exact) mass is 273 g/mol. The first kappa shape index (κ1) is 13.5. The van der Waals surface area contributed by atoms with Crippen LogP contribution >= 0.6 is 0 Å². The van der Waals surface area contributed by atoms with Crippen LogP contribution in [0.2, 0.25) is 0 Å². The van der Waals surface area contributed by atoms with Gasteiger partial charge in [0, 0.05) is 25.4 Å². The molecular weight excluding hydrogens is 262 g/mol. The van der Waals surface area contributed by atoms with Crippen LogP contribution in [0, 0.1) is 10.1 Å². The molecule has 0 aliphatic carbocycles. The molecule has 0 bridgehead atoms. The Morgan fingerprint density at radius 3 is 2.85 bits per heavy atom. The molecule has 0 spiro atoms. The molecule has 102 valence electrons. The number of phenols is 1. The highest BCUT2D eigenvalue weighted by Gasteiger charge is 2.17. The SMILES string of the molecule is CNC(=O)/C=C/c1ccnc2c(O)ccc([N+](=O)[O-])c12. The number of aromatic hydroxyl groups is 1. The number of nitro groups is 1. The molecule has 0 aliphatic rings. The van der Waals surface area contributed by atoms with E-state index in [1.165, 1.54) is 43.6 Å². The summed E-state index contributed by atoms with van der Waals surface area (Å²) in [6.07, 6.45) is 4.10. The van der Waals surface area contributed by atoms with E-state index in [2.05, 4.69) is 10.3 Å². The van der Waals surface area contributed by atoms with Crippen LogP contribution in [-0.2, 0) is 4.79 Å². The van der Waals surface area contributed by atoms with E-state index in [4.69, 9.17) is 0 Å². The molecule has 2 aromatic rings. The van der Waals surface area contributed by atoms with Crippen molar-refractivity contribution in [3.63, 3.8) is 0 Å². The summed E-state index contributed by atoms with van der Waals surface area (Å²) in [6.45, 7) is 0. The number of hydrogen-bond acceptors (Lipinski definition) is 5. The second-order valence-corrected chi connectivity index (χ2v) is 3.93. The Hall–Kier alpha value is -2.96. The van der Waals surface area contributed by atoms with Crippen molar-refractivity contribution in [2.75, 3.05) is 7.05 Å². The summed E-state index contributed by atoms with van der Waals surface area (Å²) >= 11 is 0. The molecular formula is C13H11N3O4. The first-order chi connectivity index (χ1) is 9.54. The van der Waals surface area contributed by atoms with Crippen LogP contribution in [0.25, 0.3) is 17.0 Å². The third-order valence-electron chi connectivity index (χ3n) is 2.74. The number of hydrogen-bond donors (Lipinski definition) is 2. The Balaban J connectivity index is 2.72. The maximum atomic E-state index is 11.2. The molecule has 0 saturated carbocycles. The van der Waals surface area contributed by atoms with Crippen LogP contribution in [0.4, 0.5) is 5.69 Å². The van der Waals surface area contributed by atoms with Crippen molar-refractivity contribution in [3.05, 3.63) is 46.1 Å². The average molecular weight is 273 g/mol.